The summed E-state index contributed by atoms with van der Waals surface area (Å²) in [5.41, 5.74) is 2.02. The Bertz CT molecular complexity index is 1610. The molecule has 3 aliphatic rings. The minimum Gasteiger partial charge on any atom is -0.455 e. The van der Waals surface area contributed by atoms with Gasteiger partial charge in [0.05, 0.1) is 24.0 Å². The summed E-state index contributed by atoms with van der Waals surface area (Å²) in [5.74, 6) is -3.31. The van der Waals surface area contributed by atoms with Crippen molar-refractivity contribution in [3.05, 3.63) is 90.5 Å². The number of benzene rings is 2. The maximum atomic E-state index is 15.1. The van der Waals surface area contributed by atoms with Gasteiger partial charge in [0, 0.05) is 36.6 Å². The molecule has 2 aromatic rings. The highest BCUT2D eigenvalue weighted by Crippen LogP contribution is 2.60. The quantitative estimate of drug-likeness (QED) is 0.0839. The van der Waals surface area contributed by atoms with Crippen LogP contribution in [0.2, 0.25) is 0 Å². The number of para-hydroxylation sites is 1. The van der Waals surface area contributed by atoms with Gasteiger partial charge in [-0.25, -0.2) is 0 Å². The summed E-state index contributed by atoms with van der Waals surface area (Å²) in [5, 5.41) is 12.3. The molecule has 0 radical (unpaired) electrons. The number of allylic oxidation sites excluding steroid dienone is 1. The van der Waals surface area contributed by atoms with Gasteiger partial charge in [0.1, 0.15) is 17.7 Å². The number of halogens is 1. The number of hydrogen-bond acceptors (Lipinski definition) is 7. The fourth-order valence-electron chi connectivity index (χ4n) is 8.41. The lowest BCUT2D eigenvalue weighted by atomic mass is 9.70. The lowest BCUT2D eigenvalue weighted by molar-refractivity contribution is -0.162. The van der Waals surface area contributed by atoms with Crippen LogP contribution < -0.4 is 10.2 Å². The SMILES string of the molecule is C=CCCC(=O)N[C@@H](C)[C@H](OC(=O)[C@@H]1[C@H]2O[C@@]3(CC2Br)[C@H](C(=O)N(CC=C)c2c(C)cccc2C)N(CCCCCCO)C(=O)[C@@H]13)c1ccccc1. The van der Waals surface area contributed by atoms with Crippen molar-refractivity contribution in [2.24, 2.45) is 11.8 Å². The van der Waals surface area contributed by atoms with E-state index >= 15 is 4.79 Å². The average Bonchev–Trinajstić information content (AvgIpc) is 3.72. The van der Waals surface area contributed by atoms with Crippen LogP contribution in [-0.4, -0.2) is 82.0 Å². The summed E-state index contributed by atoms with van der Waals surface area (Å²) in [6, 6.07) is 13.5. The molecule has 11 heteroatoms. The Labute approximate surface area is 315 Å². The lowest BCUT2D eigenvalue weighted by Crippen LogP contribution is -2.57. The van der Waals surface area contributed by atoms with Gasteiger partial charge in [0.15, 0.2) is 0 Å². The second kappa shape index (κ2) is 17.4. The van der Waals surface area contributed by atoms with E-state index in [0.717, 1.165) is 29.7 Å². The number of aliphatic hydroxyl groups is 1. The van der Waals surface area contributed by atoms with Gasteiger partial charge in [0.2, 0.25) is 11.8 Å². The predicted octanol–water partition coefficient (Wildman–Crippen LogP) is 5.88. The highest BCUT2D eigenvalue weighted by Gasteiger charge is 2.77. The van der Waals surface area contributed by atoms with Crippen molar-refractivity contribution in [3.8, 4) is 0 Å². The van der Waals surface area contributed by atoms with Crippen LogP contribution in [-0.2, 0) is 28.7 Å². The van der Waals surface area contributed by atoms with Gasteiger partial charge >= 0.3 is 5.97 Å². The number of unbranched alkanes of at least 4 members (excludes halogenated alkanes) is 3. The van der Waals surface area contributed by atoms with Gasteiger partial charge < -0.3 is 29.7 Å². The van der Waals surface area contributed by atoms with Crippen LogP contribution in [0.1, 0.15) is 74.7 Å². The molecule has 2 N–H and O–H groups in total. The van der Waals surface area contributed by atoms with Gasteiger partial charge in [-0.3, -0.25) is 19.2 Å². The Morgan fingerprint density at radius 1 is 1.08 bits per heavy atom. The largest absolute Gasteiger partial charge is 0.455 e. The van der Waals surface area contributed by atoms with Crippen LogP contribution in [0.4, 0.5) is 5.69 Å². The number of rotatable bonds is 18. The monoisotopic (exact) mass is 777 g/mol. The van der Waals surface area contributed by atoms with Gasteiger partial charge in [-0.15, -0.1) is 13.2 Å². The van der Waals surface area contributed by atoms with E-state index in [1.54, 1.807) is 28.9 Å². The van der Waals surface area contributed by atoms with E-state index in [9.17, 15) is 19.5 Å². The highest BCUT2D eigenvalue weighted by molar-refractivity contribution is 9.09. The number of nitrogens with one attached hydrogen (secondary N) is 1. The maximum absolute atomic E-state index is 15.1. The van der Waals surface area contributed by atoms with E-state index in [-0.39, 0.29) is 42.1 Å². The number of amides is 3. The molecule has 52 heavy (non-hydrogen) atoms. The highest BCUT2D eigenvalue weighted by atomic mass is 79.9. The molecule has 0 aromatic heterocycles. The second-order valence-corrected chi connectivity index (χ2v) is 15.4. The molecule has 10 nitrogen and oxygen atoms in total. The maximum Gasteiger partial charge on any atom is 0.313 e. The molecule has 5 rings (SSSR count). The minimum absolute atomic E-state index is 0.0913. The molecule has 8 atom stereocenters. The molecule has 2 bridgehead atoms. The Hall–Kier alpha value is -3.80. The number of ether oxygens (including phenoxy) is 2. The van der Waals surface area contributed by atoms with E-state index in [1.165, 1.54) is 0 Å². The van der Waals surface area contributed by atoms with Crippen molar-refractivity contribution >= 4 is 45.3 Å². The summed E-state index contributed by atoms with van der Waals surface area (Å²) in [6.07, 6.45) is 5.77. The van der Waals surface area contributed by atoms with Gasteiger partial charge in [-0.05, 0) is 63.1 Å². The first-order chi connectivity index (χ1) is 25.0. The van der Waals surface area contributed by atoms with Crippen molar-refractivity contribution in [1.82, 2.24) is 10.2 Å². The molecular formula is C41H52BrN3O7. The number of likely N-dealkylation sites (tertiary alicyclic amines) is 1. The number of carbonyl (C=O) groups is 4. The van der Waals surface area contributed by atoms with Crippen LogP contribution in [0.15, 0.2) is 73.8 Å². The van der Waals surface area contributed by atoms with Crippen LogP contribution in [0.3, 0.4) is 0 Å². The number of anilines is 1. The number of carbonyl (C=O) groups excluding carboxylic acids is 4. The lowest BCUT2D eigenvalue weighted by Gasteiger charge is -2.38. The molecule has 3 fully saturated rings. The molecule has 0 saturated carbocycles. The van der Waals surface area contributed by atoms with Gasteiger partial charge in [-0.2, -0.15) is 0 Å². The number of alkyl halides is 1. The molecular weight excluding hydrogens is 726 g/mol. The van der Waals surface area contributed by atoms with Crippen LogP contribution in [0, 0.1) is 25.7 Å². The normalized spacial score (nSPS) is 25.7. The zero-order valence-corrected chi connectivity index (χ0v) is 32.1. The van der Waals surface area contributed by atoms with Crippen molar-refractivity contribution < 1.29 is 33.8 Å². The fraction of sp³-hybridized carbons (Fsp3) is 0.512. The summed E-state index contributed by atoms with van der Waals surface area (Å²) in [4.78, 5) is 60.1. The standard InChI is InChI=1S/C41H52BrN3O7/c1-6-8-21-31(47)43-28(5)35(29-19-12-11-13-20-29)51-40(50)32-33-38(48)45(23-14-9-10-15-24-46)37(41(33)25-30(42)36(32)52-41)39(49)44(22-7-2)34-26(3)17-16-18-27(34)4/h6-7,11-13,16-20,28,30,32-33,35-37,46H,1-2,8-10,14-15,21-25H2,3-5H3,(H,43,47)/t28-,30?,32-,33+,35-,36-,37-,41+/m0/s1. The van der Waals surface area contributed by atoms with Gasteiger partial charge in [0.25, 0.3) is 5.91 Å². The zero-order valence-electron chi connectivity index (χ0n) is 30.5. The molecule has 3 amide bonds. The minimum atomic E-state index is -1.27. The number of hydrogen-bond donors (Lipinski definition) is 2. The van der Waals surface area contributed by atoms with Crippen molar-refractivity contribution in [2.45, 2.75) is 100 Å². The summed E-state index contributed by atoms with van der Waals surface area (Å²) in [7, 11) is 0. The smallest absolute Gasteiger partial charge is 0.313 e. The number of fused-ring (bicyclic) bond motifs is 1. The Kier molecular flexibility index (Phi) is 13.1. The number of aliphatic hydroxyl groups excluding tert-OH is 1. The third kappa shape index (κ3) is 7.77. The van der Waals surface area contributed by atoms with Crippen molar-refractivity contribution in [1.29, 1.82) is 0 Å². The summed E-state index contributed by atoms with van der Waals surface area (Å²) < 4.78 is 13.1. The topological polar surface area (TPSA) is 125 Å². The number of esters is 1. The van der Waals surface area contributed by atoms with Crippen LogP contribution in [0.25, 0.3) is 0 Å². The molecule has 0 aliphatic carbocycles. The first kappa shape index (κ1) is 39.4. The molecule has 1 spiro atoms. The average molecular weight is 779 g/mol. The molecule has 1 unspecified atom stereocenters. The first-order valence-electron chi connectivity index (χ1n) is 18.4. The second-order valence-electron chi connectivity index (χ2n) is 14.3. The van der Waals surface area contributed by atoms with E-state index in [1.807, 2.05) is 62.4 Å². The predicted molar refractivity (Wildman–Crippen MR) is 204 cm³/mol. The Morgan fingerprint density at radius 3 is 2.42 bits per heavy atom. The van der Waals surface area contributed by atoms with E-state index < -0.39 is 47.7 Å². The van der Waals surface area contributed by atoms with Crippen LogP contribution >= 0.6 is 15.9 Å². The molecule has 280 valence electrons. The van der Waals surface area contributed by atoms with E-state index in [4.69, 9.17) is 9.47 Å². The third-order valence-corrected chi connectivity index (χ3v) is 11.5. The van der Waals surface area contributed by atoms with Crippen LogP contribution in [0.5, 0.6) is 0 Å². The zero-order chi connectivity index (χ0) is 37.6. The van der Waals surface area contributed by atoms with E-state index in [0.29, 0.717) is 37.8 Å². The van der Waals surface area contributed by atoms with Crippen molar-refractivity contribution in [3.63, 3.8) is 0 Å². The summed E-state index contributed by atoms with van der Waals surface area (Å²) in [6.45, 7) is 13.9. The number of nitrogens with zero attached hydrogens (tertiary/aromatic N) is 2. The molecule has 3 aliphatic heterocycles. The first-order valence-corrected chi connectivity index (χ1v) is 19.3. The Balaban J connectivity index is 1.51. The third-order valence-electron chi connectivity index (χ3n) is 10.7. The molecule has 3 saturated heterocycles. The van der Waals surface area contributed by atoms with E-state index in [2.05, 4.69) is 34.4 Å². The van der Waals surface area contributed by atoms with Crippen molar-refractivity contribution in [2.75, 3.05) is 24.6 Å². The molecule has 3 heterocycles. The fourth-order valence-corrected chi connectivity index (χ4v) is 9.35. The Morgan fingerprint density at radius 2 is 1.77 bits per heavy atom. The number of aryl methyl sites for hydroxylation is 2. The van der Waals surface area contributed by atoms with Gasteiger partial charge in [-0.1, -0.05) is 89.5 Å². The summed E-state index contributed by atoms with van der Waals surface area (Å²) >= 11 is 3.77. The molecule has 2 aromatic carbocycles.